The quantitative estimate of drug-likeness (QED) is 0.243. The van der Waals surface area contributed by atoms with Crippen LogP contribution in [-0.4, -0.2) is 0 Å². The minimum atomic E-state index is 0.706. The van der Waals surface area contributed by atoms with Gasteiger partial charge in [-0.15, -0.1) is 0 Å². The molecule has 0 nitrogen and oxygen atoms in total. The minimum absolute atomic E-state index is 0.706. The molecule has 1 heteroatoms. The van der Waals surface area contributed by atoms with Gasteiger partial charge < -0.3 is 0 Å². The second-order valence-corrected chi connectivity index (χ2v) is 11.6. The number of hydrogen-bond donors (Lipinski definition) is 0. The van der Waals surface area contributed by atoms with Crippen LogP contribution in [0, 0.1) is 17.8 Å². The average Bonchev–Trinajstić information content (AvgIpc) is 2.83. The lowest BCUT2D eigenvalue weighted by Gasteiger charge is -2.38. The summed E-state index contributed by atoms with van der Waals surface area (Å²) in [6, 6.07) is 8.55. The molecular weight excluding hydrogens is 408 g/mol. The van der Waals surface area contributed by atoms with Gasteiger partial charge in [-0.2, -0.15) is 0 Å². The first kappa shape index (κ1) is 26.1. The van der Waals surface area contributed by atoms with Crippen molar-refractivity contribution in [2.24, 2.45) is 17.8 Å². The first-order valence-corrected chi connectivity index (χ1v) is 14.9. The highest BCUT2D eigenvalue weighted by molar-refractivity contribution is 6.31. The van der Waals surface area contributed by atoms with Crippen LogP contribution in [0.1, 0.15) is 147 Å². The molecule has 1 aromatic carbocycles. The molecule has 2 fully saturated rings. The molecule has 0 aliphatic heterocycles. The van der Waals surface area contributed by atoms with Crippen molar-refractivity contribution in [2.75, 3.05) is 0 Å². The molecule has 0 aromatic heterocycles. The lowest BCUT2D eigenvalue weighted by molar-refractivity contribution is 0.155. The molecule has 32 heavy (non-hydrogen) atoms. The Morgan fingerprint density at radius 1 is 0.625 bits per heavy atom. The van der Waals surface area contributed by atoms with Crippen molar-refractivity contribution in [1.82, 2.24) is 0 Å². The molecule has 0 unspecified atom stereocenters. The van der Waals surface area contributed by atoms with Crippen molar-refractivity contribution in [3.05, 3.63) is 34.9 Å². The predicted octanol–water partition coefficient (Wildman–Crippen LogP) is 11.1. The third-order valence-corrected chi connectivity index (χ3v) is 9.24. The Hall–Kier alpha value is -0.490. The van der Waals surface area contributed by atoms with Gasteiger partial charge in [0.2, 0.25) is 0 Å². The van der Waals surface area contributed by atoms with E-state index in [4.69, 9.17) is 11.6 Å². The minimum Gasteiger partial charge on any atom is -0.0840 e. The first-order chi connectivity index (χ1) is 15.8. The molecule has 1 aromatic rings. The van der Waals surface area contributed by atoms with E-state index >= 15 is 0 Å². The molecule has 2 saturated carbocycles. The first-order valence-electron chi connectivity index (χ1n) is 14.5. The summed E-state index contributed by atoms with van der Waals surface area (Å²) in [4.78, 5) is 0. The maximum Gasteiger partial charge on any atom is 0.0440 e. The molecule has 0 heterocycles. The lowest BCUT2D eigenvalue weighted by Crippen LogP contribution is -2.25. The van der Waals surface area contributed by atoms with Crippen molar-refractivity contribution in [3.8, 4) is 0 Å². The summed E-state index contributed by atoms with van der Waals surface area (Å²) in [5.74, 6) is 3.77. The van der Waals surface area contributed by atoms with Crippen LogP contribution in [0.25, 0.3) is 0 Å². The largest absolute Gasteiger partial charge is 0.0840 e. The fourth-order valence-electron chi connectivity index (χ4n) is 6.75. The van der Waals surface area contributed by atoms with Gasteiger partial charge in [0.15, 0.2) is 0 Å². The van der Waals surface area contributed by atoms with Gasteiger partial charge in [-0.25, -0.2) is 0 Å². The summed E-state index contributed by atoms with van der Waals surface area (Å²) in [5, 5.41) is 0.985. The molecule has 0 atom stereocenters. The smallest absolute Gasteiger partial charge is 0.0440 e. The van der Waals surface area contributed by atoms with E-state index in [0.29, 0.717) is 5.92 Å². The molecule has 182 valence electrons. The third kappa shape index (κ3) is 9.04. The van der Waals surface area contributed by atoms with Crippen LogP contribution >= 0.6 is 11.6 Å². The Kier molecular flexibility index (Phi) is 12.6. The molecule has 2 aliphatic carbocycles. The summed E-state index contributed by atoms with van der Waals surface area (Å²) in [5.41, 5.74) is 1.41. The molecule has 0 saturated heterocycles. The lowest BCUT2D eigenvalue weighted by atomic mass is 9.68. The highest BCUT2D eigenvalue weighted by atomic mass is 35.5. The molecule has 3 rings (SSSR count). The van der Waals surface area contributed by atoms with Crippen LogP contribution in [0.15, 0.2) is 24.3 Å². The van der Waals surface area contributed by atoms with E-state index < -0.39 is 0 Å². The summed E-state index contributed by atoms with van der Waals surface area (Å²) in [7, 11) is 0. The summed E-state index contributed by atoms with van der Waals surface area (Å²) >= 11 is 6.46. The fraction of sp³-hybridized carbons (Fsp3) is 0.806. The van der Waals surface area contributed by atoms with Crippen LogP contribution in [0.5, 0.6) is 0 Å². The Balaban J connectivity index is 1.19. The van der Waals surface area contributed by atoms with E-state index in [1.54, 1.807) is 0 Å². The Labute approximate surface area is 205 Å². The zero-order chi connectivity index (χ0) is 22.4. The normalized spacial score (nSPS) is 26.3. The van der Waals surface area contributed by atoms with E-state index in [-0.39, 0.29) is 0 Å². The van der Waals surface area contributed by atoms with Gasteiger partial charge in [-0.05, 0) is 73.8 Å². The number of benzene rings is 1. The Morgan fingerprint density at radius 3 is 1.69 bits per heavy atom. The van der Waals surface area contributed by atoms with Crippen LogP contribution in [0.4, 0.5) is 0 Å². The average molecular weight is 459 g/mol. The van der Waals surface area contributed by atoms with Gasteiger partial charge in [-0.3, -0.25) is 0 Å². The standard InChI is InChI=1S/C31H51Cl/c1-2-3-4-5-6-7-8-9-10-11-12-15-26-18-20-27(21-19-26)28-22-24-29(25-23-28)30-16-13-14-17-31(30)32/h13-14,16-17,26-29H,2-12,15,18-25H2,1H3. The van der Waals surface area contributed by atoms with E-state index in [2.05, 4.69) is 31.2 Å². The van der Waals surface area contributed by atoms with Crippen LogP contribution in [-0.2, 0) is 0 Å². The highest BCUT2D eigenvalue weighted by Gasteiger charge is 2.31. The van der Waals surface area contributed by atoms with E-state index in [0.717, 1.165) is 22.8 Å². The third-order valence-electron chi connectivity index (χ3n) is 8.89. The SMILES string of the molecule is CCCCCCCCCCCCCC1CCC(C2CCC(c3ccccc3Cl)CC2)CC1. The zero-order valence-electron chi connectivity index (χ0n) is 21.1. The molecule has 0 bridgehead atoms. The van der Waals surface area contributed by atoms with Gasteiger partial charge in [0.25, 0.3) is 0 Å². The summed E-state index contributed by atoms with van der Waals surface area (Å²) < 4.78 is 0. The molecule has 0 N–H and O–H groups in total. The van der Waals surface area contributed by atoms with Crippen molar-refractivity contribution in [3.63, 3.8) is 0 Å². The van der Waals surface area contributed by atoms with Crippen LogP contribution in [0.3, 0.4) is 0 Å². The Bertz CT molecular complexity index is 592. The van der Waals surface area contributed by atoms with Crippen molar-refractivity contribution < 1.29 is 0 Å². The van der Waals surface area contributed by atoms with Gasteiger partial charge >= 0.3 is 0 Å². The van der Waals surface area contributed by atoms with E-state index in [9.17, 15) is 0 Å². The zero-order valence-corrected chi connectivity index (χ0v) is 21.9. The second-order valence-electron chi connectivity index (χ2n) is 11.2. The van der Waals surface area contributed by atoms with E-state index in [1.165, 1.54) is 134 Å². The summed E-state index contributed by atoms with van der Waals surface area (Å²) in [6.45, 7) is 2.31. The maximum absolute atomic E-state index is 6.46. The maximum atomic E-state index is 6.46. The van der Waals surface area contributed by atoms with Crippen molar-refractivity contribution in [1.29, 1.82) is 0 Å². The number of unbranched alkanes of at least 4 members (excludes halogenated alkanes) is 10. The predicted molar refractivity (Wildman–Crippen MR) is 143 cm³/mol. The summed E-state index contributed by atoms with van der Waals surface area (Å²) in [6.07, 6.45) is 29.3. The number of rotatable bonds is 14. The van der Waals surface area contributed by atoms with Crippen molar-refractivity contribution in [2.45, 2.75) is 141 Å². The van der Waals surface area contributed by atoms with Gasteiger partial charge in [-0.1, -0.05) is 127 Å². The molecule has 0 radical (unpaired) electrons. The van der Waals surface area contributed by atoms with Gasteiger partial charge in [0.1, 0.15) is 0 Å². The highest BCUT2D eigenvalue weighted by Crippen LogP contribution is 2.45. The molecule has 2 aliphatic rings. The number of hydrogen-bond acceptors (Lipinski definition) is 0. The molecule has 0 amide bonds. The second kappa shape index (κ2) is 15.4. The number of halogens is 1. The monoisotopic (exact) mass is 458 g/mol. The van der Waals surface area contributed by atoms with Crippen LogP contribution < -0.4 is 0 Å². The van der Waals surface area contributed by atoms with E-state index in [1.807, 2.05) is 0 Å². The molecule has 0 spiro atoms. The van der Waals surface area contributed by atoms with Crippen LogP contribution in [0.2, 0.25) is 5.02 Å². The van der Waals surface area contributed by atoms with Crippen molar-refractivity contribution >= 4 is 11.6 Å². The topological polar surface area (TPSA) is 0 Å². The Morgan fingerprint density at radius 2 is 1.12 bits per heavy atom. The fourth-order valence-corrected chi connectivity index (χ4v) is 7.04. The van der Waals surface area contributed by atoms with Gasteiger partial charge in [0, 0.05) is 5.02 Å². The molecular formula is C31H51Cl. The van der Waals surface area contributed by atoms with Gasteiger partial charge in [0.05, 0.1) is 0 Å².